The molecule has 0 radical (unpaired) electrons. The van der Waals surface area contributed by atoms with E-state index >= 15 is 0 Å². The number of rotatable bonds is 5. The molecule has 1 N–H and O–H groups in total. The molecule has 1 heterocycles. The van der Waals surface area contributed by atoms with E-state index in [1.165, 1.54) is 12.1 Å². The van der Waals surface area contributed by atoms with E-state index in [9.17, 15) is 18.0 Å². The zero-order chi connectivity index (χ0) is 27.7. The van der Waals surface area contributed by atoms with Gasteiger partial charge < -0.3 is 14.6 Å². The second-order valence-corrected chi connectivity index (χ2v) is 10.0. The summed E-state index contributed by atoms with van der Waals surface area (Å²) >= 11 is 0. The first-order chi connectivity index (χ1) is 17.8. The molecule has 0 fully saturated rings. The second-order valence-electron chi connectivity index (χ2n) is 10.0. The SMILES string of the molecule is Cc1cc(-c2nc(-c3ccc(C(C)OC(=O)NC(C)(C)C)cc3)no2)ccc1-c1ccccc1C(F)(F)F. The van der Waals surface area contributed by atoms with Gasteiger partial charge in [-0.15, -0.1) is 0 Å². The molecular formula is C29H28F3N3O3. The number of hydrogen-bond acceptors (Lipinski definition) is 5. The van der Waals surface area contributed by atoms with E-state index in [-0.39, 0.29) is 11.5 Å². The van der Waals surface area contributed by atoms with Crippen LogP contribution in [0.4, 0.5) is 18.0 Å². The Morgan fingerprint density at radius 2 is 1.61 bits per heavy atom. The highest BCUT2D eigenvalue weighted by Crippen LogP contribution is 2.39. The van der Waals surface area contributed by atoms with Crippen LogP contribution in [0.2, 0.25) is 0 Å². The van der Waals surface area contributed by atoms with Crippen molar-refractivity contribution < 1.29 is 27.2 Å². The van der Waals surface area contributed by atoms with Crippen LogP contribution >= 0.6 is 0 Å². The predicted molar refractivity (Wildman–Crippen MR) is 138 cm³/mol. The Hall–Kier alpha value is -4.14. The molecule has 6 nitrogen and oxygen atoms in total. The van der Waals surface area contributed by atoms with Crippen LogP contribution in [0.1, 0.15) is 50.5 Å². The van der Waals surface area contributed by atoms with Crippen molar-refractivity contribution in [1.82, 2.24) is 15.5 Å². The van der Waals surface area contributed by atoms with Gasteiger partial charge in [0, 0.05) is 16.7 Å². The molecular weight excluding hydrogens is 495 g/mol. The number of alkyl carbamates (subject to hydrolysis) is 1. The van der Waals surface area contributed by atoms with Crippen LogP contribution in [-0.4, -0.2) is 21.8 Å². The largest absolute Gasteiger partial charge is 0.442 e. The molecule has 3 aromatic carbocycles. The lowest BCUT2D eigenvalue weighted by Gasteiger charge is -2.22. The minimum Gasteiger partial charge on any atom is -0.442 e. The van der Waals surface area contributed by atoms with Crippen molar-refractivity contribution in [2.24, 2.45) is 0 Å². The highest BCUT2D eigenvalue weighted by atomic mass is 19.4. The third-order valence-corrected chi connectivity index (χ3v) is 5.82. The van der Waals surface area contributed by atoms with Crippen molar-refractivity contribution in [1.29, 1.82) is 0 Å². The van der Waals surface area contributed by atoms with Gasteiger partial charge in [0.2, 0.25) is 5.82 Å². The lowest BCUT2D eigenvalue weighted by molar-refractivity contribution is -0.137. The molecule has 0 saturated heterocycles. The Labute approximate surface area is 218 Å². The van der Waals surface area contributed by atoms with Gasteiger partial charge in [0.1, 0.15) is 6.10 Å². The topological polar surface area (TPSA) is 77.2 Å². The lowest BCUT2D eigenvalue weighted by atomic mass is 9.94. The Bertz CT molecular complexity index is 1440. The maximum atomic E-state index is 13.5. The summed E-state index contributed by atoms with van der Waals surface area (Å²) in [7, 11) is 0. The summed E-state index contributed by atoms with van der Waals surface area (Å²) in [5, 5.41) is 6.81. The fraction of sp³-hybridized carbons (Fsp3) is 0.276. The number of nitrogens with one attached hydrogen (secondary N) is 1. The molecule has 1 aromatic heterocycles. The van der Waals surface area contributed by atoms with Gasteiger partial charge in [-0.25, -0.2) is 4.79 Å². The van der Waals surface area contributed by atoms with Crippen LogP contribution < -0.4 is 5.32 Å². The van der Waals surface area contributed by atoms with Crippen LogP contribution in [0, 0.1) is 6.92 Å². The van der Waals surface area contributed by atoms with Gasteiger partial charge in [0.05, 0.1) is 5.56 Å². The molecule has 0 bridgehead atoms. The molecule has 0 aliphatic heterocycles. The Balaban J connectivity index is 1.51. The first-order valence-electron chi connectivity index (χ1n) is 12.0. The van der Waals surface area contributed by atoms with E-state index in [1.54, 1.807) is 50.2 Å². The number of carbonyl (C=O) groups excluding carboxylic acids is 1. The van der Waals surface area contributed by atoms with Gasteiger partial charge in [0.15, 0.2) is 0 Å². The molecule has 4 aromatic rings. The van der Waals surface area contributed by atoms with Gasteiger partial charge >= 0.3 is 12.3 Å². The number of aromatic nitrogens is 2. The Morgan fingerprint density at radius 1 is 0.947 bits per heavy atom. The first-order valence-corrected chi connectivity index (χ1v) is 12.0. The van der Waals surface area contributed by atoms with Gasteiger partial charge in [-0.2, -0.15) is 18.2 Å². The standard InChI is InChI=1S/C29H28F3N3O3/c1-17-16-21(14-15-22(17)23-8-6-7-9-24(23)29(30,31)32)26-33-25(35-38-26)20-12-10-19(11-13-20)18(2)37-27(36)34-28(3,4)5/h6-16,18H,1-5H3,(H,34,36). The Morgan fingerprint density at radius 3 is 2.24 bits per heavy atom. The number of halogens is 3. The number of ether oxygens (including phenoxy) is 1. The molecule has 198 valence electrons. The summed E-state index contributed by atoms with van der Waals surface area (Å²) in [5.74, 6) is 0.605. The normalized spacial score (nSPS) is 12.7. The second kappa shape index (κ2) is 10.3. The monoisotopic (exact) mass is 523 g/mol. The van der Waals surface area contributed by atoms with Gasteiger partial charge in [-0.3, -0.25) is 0 Å². The zero-order valence-electron chi connectivity index (χ0n) is 21.7. The van der Waals surface area contributed by atoms with Crippen LogP contribution in [0.3, 0.4) is 0 Å². The van der Waals surface area contributed by atoms with E-state index in [4.69, 9.17) is 9.26 Å². The average molecular weight is 524 g/mol. The number of nitrogens with zero attached hydrogens (tertiary/aromatic N) is 2. The molecule has 38 heavy (non-hydrogen) atoms. The third-order valence-electron chi connectivity index (χ3n) is 5.82. The number of alkyl halides is 3. The fourth-order valence-corrected chi connectivity index (χ4v) is 3.99. The quantitative estimate of drug-likeness (QED) is 0.287. The van der Waals surface area contributed by atoms with Gasteiger partial charge in [-0.1, -0.05) is 53.7 Å². The van der Waals surface area contributed by atoms with E-state index < -0.39 is 29.5 Å². The maximum Gasteiger partial charge on any atom is 0.417 e. The van der Waals surface area contributed by atoms with Crippen LogP contribution in [0.5, 0.6) is 0 Å². The maximum absolute atomic E-state index is 13.5. The smallest absolute Gasteiger partial charge is 0.417 e. The molecule has 9 heteroatoms. The molecule has 0 aliphatic carbocycles. The zero-order valence-corrected chi connectivity index (χ0v) is 21.7. The number of hydrogen-bond donors (Lipinski definition) is 1. The van der Waals surface area contributed by atoms with E-state index in [2.05, 4.69) is 15.5 Å². The molecule has 1 atom stereocenters. The van der Waals surface area contributed by atoms with E-state index in [1.807, 2.05) is 32.9 Å². The third kappa shape index (κ3) is 6.22. The van der Waals surface area contributed by atoms with Crippen LogP contribution in [-0.2, 0) is 10.9 Å². The summed E-state index contributed by atoms with van der Waals surface area (Å²) < 4.78 is 51.4. The van der Waals surface area contributed by atoms with Crippen molar-refractivity contribution in [3.05, 3.63) is 83.4 Å². The highest BCUT2D eigenvalue weighted by molar-refractivity contribution is 5.74. The molecule has 0 saturated carbocycles. The van der Waals surface area contributed by atoms with Crippen molar-refractivity contribution >= 4 is 6.09 Å². The summed E-state index contributed by atoms with van der Waals surface area (Å²) in [6.45, 7) is 9.14. The lowest BCUT2D eigenvalue weighted by Crippen LogP contribution is -2.41. The minimum absolute atomic E-state index is 0.115. The summed E-state index contributed by atoms with van der Waals surface area (Å²) in [4.78, 5) is 16.5. The van der Waals surface area contributed by atoms with Crippen molar-refractivity contribution in [3.63, 3.8) is 0 Å². The fourth-order valence-electron chi connectivity index (χ4n) is 3.99. The Kier molecular flexibility index (Phi) is 7.31. The van der Waals surface area contributed by atoms with Crippen LogP contribution in [0.15, 0.2) is 71.3 Å². The molecule has 1 amide bonds. The first kappa shape index (κ1) is 26.9. The summed E-state index contributed by atoms with van der Waals surface area (Å²) in [6, 6.07) is 17.7. The summed E-state index contributed by atoms with van der Waals surface area (Å²) in [6.07, 6.45) is -5.42. The average Bonchev–Trinajstić information content (AvgIpc) is 3.33. The number of aryl methyl sites for hydroxylation is 1. The van der Waals surface area contributed by atoms with E-state index in [0.717, 1.165) is 11.6 Å². The van der Waals surface area contributed by atoms with Crippen LogP contribution in [0.25, 0.3) is 34.0 Å². The van der Waals surface area contributed by atoms with Gasteiger partial charge in [0.25, 0.3) is 5.89 Å². The van der Waals surface area contributed by atoms with Crippen molar-refractivity contribution in [2.75, 3.05) is 0 Å². The number of carbonyl (C=O) groups is 1. The van der Waals surface area contributed by atoms with E-state index in [0.29, 0.717) is 28.1 Å². The summed E-state index contributed by atoms with van der Waals surface area (Å²) in [5.41, 5.74) is 2.24. The minimum atomic E-state index is -4.46. The molecule has 1 unspecified atom stereocenters. The van der Waals surface area contributed by atoms with Crippen molar-refractivity contribution in [2.45, 2.75) is 52.4 Å². The molecule has 4 rings (SSSR count). The molecule has 0 aliphatic rings. The van der Waals surface area contributed by atoms with Crippen molar-refractivity contribution in [3.8, 4) is 34.0 Å². The molecule has 0 spiro atoms. The number of benzene rings is 3. The predicted octanol–water partition coefficient (Wildman–Crippen LogP) is 7.98. The van der Waals surface area contributed by atoms with Gasteiger partial charge in [-0.05, 0) is 75.1 Å². The highest BCUT2D eigenvalue weighted by Gasteiger charge is 2.33. The number of amides is 1.